The Bertz CT molecular complexity index is 3690. The van der Waals surface area contributed by atoms with Crippen molar-refractivity contribution in [2.45, 2.75) is 383 Å². The fourth-order valence-corrected chi connectivity index (χ4v) is 23.4. The molecule has 4 bridgehead atoms. The number of aliphatic hydroxyl groups is 6. The van der Waals surface area contributed by atoms with Gasteiger partial charge in [0.2, 0.25) is 0 Å². The maximum atomic E-state index is 14.4. The van der Waals surface area contributed by atoms with Crippen molar-refractivity contribution in [1.29, 1.82) is 0 Å². The van der Waals surface area contributed by atoms with Crippen LogP contribution in [0.15, 0.2) is 119 Å². The number of methoxy groups -OCH3 is 4. The van der Waals surface area contributed by atoms with Crippen LogP contribution in [0.3, 0.4) is 0 Å². The fraction of sp³-hybridized carbons (Fsp3) is 0.780. The Balaban J connectivity index is 0.000000213. The average Bonchev–Trinajstić information content (AvgIpc) is 1.54. The molecule has 0 aromatic heterocycles. The van der Waals surface area contributed by atoms with E-state index >= 15 is 0 Å². The number of hydrogen-bond acceptors (Lipinski definition) is 24. The maximum Gasteiger partial charge on any atom is 0.316 e. The van der Waals surface area contributed by atoms with Gasteiger partial charge in [-0.2, -0.15) is 0 Å². The largest absolute Gasteiger partial charge is 0.462 e. The first-order chi connectivity index (χ1) is 59.0. The van der Waals surface area contributed by atoms with Crippen molar-refractivity contribution >= 4 is 11.9 Å². The third-order valence-electron chi connectivity index (χ3n) is 31.4. The molecule has 24 nitrogen and oxygen atoms in total. The van der Waals surface area contributed by atoms with Crippen LogP contribution >= 0.6 is 0 Å². The molecule has 8 fully saturated rings. The van der Waals surface area contributed by atoms with Crippen molar-refractivity contribution in [3.8, 4) is 0 Å². The van der Waals surface area contributed by atoms with E-state index in [0.717, 1.165) is 49.7 Å². The molecule has 14 rings (SSSR count). The zero-order valence-corrected chi connectivity index (χ0v) is 77.6. The smallest absolute Gasteiger partial charge is 0.316 e. The van der Waals surface area contributed by atoms with Gasteiger partial charge in [-0.15, -0.1) is 0 Å². The lowest BCUT2D eigenvalue weighted by Crippen LogP contribution is -2.58. The molecule has 40 atom stereocenters. The van der Waals surface area contributed by atoms with Crippen molar-refractivity contribution in [3.05, 3.63) is 119 Å². The van der Waals surface area contributed by atoms with Crippen LogP contribution < -0.4 is 0 Å². The quantitative estimate of drug-likeness (QED) is 0.0618. The fourth-order valence-electron chi connectivity index (χ4n) is 23.4. The van der Waals surface area contributed by atoms with Gasteiger partial charge in [0.05, 0.1) is 110 Å². The lowest BCUT2D eigenvalue weighted by atomic mass is 9.68. The predicted octanol–water partition coefficient (Wildman–Crippen LogP) is 13.4. The first-order valence-corrected chi connectivity index (χ1v) is 47.1. The molecule has 0 amide bonds. The van der Waals surface area contributed by atoms with Crippen molar-refractivity contribution in [2.75, 3.05) is 41.7 Å². The van der Waals surface area contributed by atoms with E-state index in [4.69, 9.17) is 75.8 Å². The Morgan fingerprint density at radius 1 is 0.460 bits per heavy atom. The first kappa shape index (κ1) is 97.1. The summed E-state index contributed by atoms with van der Waals surface area (Å²) in [5.41, 5.74) is -0.411. The van der Waals surface area contributed by atoms with E-state index in [1.165, 1.54) is 0 Å². The monoisotopic (exact) mass is 1740 g/mol. The van der Waals surface area contributed by atoms with E-state index in [1.54, 1.807) is 54.4 Å². The van der Waals surface area contributed by atoms with E-state index in [1.807, 2.05) is 38.2 Å². The Kier molecular flexibility index (Phi) is 32.2. The highest BCUT2D eigenvalue weighted by Crippen LogP contribution is 2.53. The molecule has 0 aromatic carbocycles. The van der Waals surface area contributed by atoms with Gasteiger partial charge in [0.15, 0.2) is 12.6 Å². The zero-order chi connectivity index (χ0) is 89.3. The number of carbonyl (C=O) groups is 2. The summed E-state index contributed by atoms with van der Waals surface area (Å²) < 4.78 is 102. The number of hydrogen-bond donors (Lipinski definition) is 6. The maximum absolute atomic E-state index is 14.4. The van der Waals surface area contributed by atoms with E-state index in [-0.39, 0.29) is 110 Å². The molecule has 6 aliphatic carbocycles. The lowest BCUT2D eigenvalue weighted by molar-refractivity contribution is -0.285. The summed E-state index contributed by atoms with van der Waals surface area (Å²) in [6, 6.07) is 0. The number of rotatable bonds is 16. The first-order valence-electron chi connectivity index (χ1n) is 47.1. The van der Waals surface area contributed by atoms with E-state index in [2.05, 4.69) is 132 Å². The summed E-state index contributed by atoms with van der Waals surface area (Å²) >= 11 is 0. The highest BCUT2D eigenvalue weighted by Gasteiger charge is 2.63. The molecule has 6 N–H and O–H groups in total. The molecule has 124 heavy (non-hydrogen) atoms. The number of aliphatic hydroxyl groups excluding tert-OH is 4. The van der Waals surface area contributed by atoms with Gasteiger partial charge in [0.1, 0.15) is 71.9 Å². The normalized spacial score (nSPS) is 49.1. The number of ether oxygens (including phenoxy) is 16. The number of carbonyl (C=O) groups excluding carboxylic acids is 2. The minimum absolute atomic E-state index is 0.0717. The summed E-state index contributed by atoms with van der Waals surface area (Å²) in [4.78, 5) is 28.8. The topological polar surface area (TPSA) is 303 Å². The van der Waals surface area contributed by atoms with E-state index in [9.17, 15) is 40.2 Å². The van der Waals surface area contributed by atoms with Gasteiger partial charge in [-0.25, -0.2) is 0 Å². The Morgan fingerprint density at radius 3 is 1.20 bits per heavy atom. The Labute approximate surface area is 738 Å². The summed E-state index contributed by atoms with van der Waals surface area (Å²) in [6.07, 6.45) is 27.9. The van der Waals surface area contributed by atoms with Crippen LogP contribution in [-0.2, 0) is 85.4 Å². The minimum atomic E-state index is -1.78. The van der Waals surface area contributed by atoms with Crippen LogP contribution in [0.25, 0.3) is 0 Å². The molecule has 0 unspecified atom stereocenters. The SMILES string of the molecule is CC[C@H](C)[C@H]1C[C@]2(C=C[C@@H]1C)C[C@@H]1C[C@@H](C/C=C(\C)[C@@H](O[C@@H]3C[C@@H](C)[C@H](O[C@H]4C[C@H](OC)[C@@H](O)[C@H](C)O4)[C@@H](OC)C3)[C@@H](C)/C=C/C=C3\CO[C@@H]4[C@H](O)C(C)=C[C@@H](C(=O)O1)[C@]34O)O2.CC[C@H](C)[C@H]1C[C@]2(C=C[C@@H]1C)C[C@@H]1C[C@@H](C/C=C(\C)[C@@H](O[C@@H]3C[C@@H](C)[C@H](O[C@H]4C[C@H](OC)[C@@H](O)[C@H](C)O4)[C@@H](OC)C3)[C@@H](C)/C=C/C=C3\CO[C@@H]4[C@H](O)C(C)=C[C@@H](C(=O)O1)[C@]34O)O2. The molecule has 24 heteroatoms. The standard InChI is InChI=1S/2C50H76O12/c2*1-11-27(2)38-25-49(18-17-28(38)3)24-37-21-35(62-49)16-15-30(5)45(29(4)13-12-14-34-26-57-47-43(51)31(6)20-39(48(53)60-37)50(34,47)54)59-36-19-32(7)46(41(22-36)56-10)61-42-23-40(55-9)44(52)33(8)58-42/h2*12-15,17-18,20,27-29,32-33,35-47,51-52,54H,11,16,19,21-26H2,1-10H3/b2*13-12+,30-15+,34-14+/t2*27-,28-,29-,32+,33-,35+,36+,37-,38+,39-,40-,41-,42-,43+,44-,45-,46-,47+,49-,50+/m00/s1. The van der Waals surface area contributed by atoms with Crippen molar-refractivity contribution in [2.24, 2.45) is 71.0 Å². The lowest BCUT2D eigenvalue weighted by Gasteiger charge is -2.48. The van der Waals surface area contributed by atoms with Gasteiger partial charge in [-0.3, -0.25) is 9.59 Å². The average molecular weight is 1740 g/mol. The Morgan fingerprint density at radius 2 is 0.839 bits per heavy atom. The van der Waals surface area contributed by atoms with Crippen LogP contribution in [0.2, 0.25) is 0 Å². The highest BCUT2D eigenvalue weighted by molar-refractivity contribution is 5.79. The van der Waals surface area contributed by atoms with Gasteiger partial charge in [-0.1, -0.05) is 167 Å². The third-order valence-corrected chi connectivity index (χ3v) is 31.4. The van der Waals surface area contributed by atoms with Gasteiger partial charge in [0.25, 0.3) is 0 Å². The van der Waals surface area contributed by atoms with Crippen molar-refractivity contribution < 1.29 is 116 Å². The molecular formula is C100H152O24. The third kappa shape index (κ3) is 20.7. The van der Waals surface area contributed by atoms with Gasteiger partial charge < -0.3 is 106 Å². The Hall–Kier alpha value is -4.46. The van der Waals surface area contributed by atoms with Crippen molar-refractivity contribution in [3.63, 3.8) is 0 Å². The second-order valence-corrected chi connectivity index (χ2v) is 40.1. The van der Waals surface area contributed by atoms with Gasteiger partial charge in [-0.05, 0) is 161 Å². The van der Waals surface area contributed by atoms with Crippen LogP contribution in [0.1, 0.15) is 214 Å². The van der Waals surface area contributed by atoms with Crippen LogP contribution in [0.4, 0.5) is 0 Å². The summed E-state index contributed by atoms with van der Waals surface area (Å²) in [5, 5.41) is 68.7. The molecule has 2 spiro atoms. The van der Waals surface area contributed by atoms with Gasteiger partial charge >= 0.3 is 11.9 Å². The number of fused-ring (bicyclic) bond motifs is 4. The molecule has 696 valence electrons. The molecular weight excluding hydrogens is 1590 g/mol. The second kappa shape index (κ2) is 41.1. The molecule has 2 saturated carbocycles. The number of esters is 2. The van der Waals surface area contributed by atoms with Crippen LogP contribution in [-0.4, -0.2) is 254 Å². The summed E-state index contributed by atoms with van der Waals surface area (Å²) in [7, 11) is 6.63. The highest BCUT2D eigenvalue weighted by atomic mass is 16.7. The second-order valence-electron chi connectivity index (χ2n) is 40.1. The predicted molar refractivity (Wildman–Crippen MR) is 468 cm³/mol. The molecule has 0 aromatic rings. The molecule has 8 aliphatic heterocycles. The zero-order valence-electron chi connectivity index (χ0n) is 77.6. The molecule has 8 heterocycles. The molecule has 0 radical (unpaired) electrons. The van der Waals surface area contributed by atoms with E-state index in [0.29, 0.717) is 122 Å². The number of allylic oxidation sites excluding steroid dienone is 6. The summed E-state index contributed by atoms with van der Waals surface area (Å²) in [5.74, 6) is -0.485. The van der Waals surface area contributed by atoms with Crippen LogP contribution in [0.5, 0.6) is 0 Å². The van der Waals surface area contributed by atoms with Crippen molar-refractivity contribution in [1.82, 2.24) is 0 Å². The summed E-state index contributed by atoms with van der Waals surface area (Å²) in [6.45, 7) is 33.9. The molecule has 6 saturated heterocycles. The molecule has 14 aliphatic rings. The van der Waals surface area contributed by atoms with E-state index < -0.39 is 120 Å². The van der Waals surface area contributed by atoms with Crippen LogP contribution in [0, 0.1) is 71.0 Å². The van der Waals surface area contributed by atoms with Gasteiger partial charge in [0, 0.05) is 91.6 Å². The minimum Gasteiger partial charge on any atom is -0.462 e.